The van der Waals surface area contributed by atoms with Gasteiger partial charge in [-0.25, -0.2) is 0 Å². The molecule has 2 rings (SSSR count). The number of amides is 1. The zero-order valence-corrected chi connectivity index (χ0v) is 12.0. The zero-order chi connectivity index (χ0) is 13.3. The lowest BCUT2D eigenvalue weighted by Crippen LogP contribution is -2.32. The van der Waals surface area contributed by atoms with Crippen LogP contribution >= 0.6 is 15.9 Å². The molecule has 0 saturated carbocycles. The van der Waals surface area contributed by atoms with Gasteiger partial charge in [-0.1, -0.05) is 6.07 Å². The molecular weight excluding hydrogens is 296 g/mol. The van der Waals surface area contributed by atoms with Crippen molar-refractivity contribution in [3.05, 3.63) is 28.2 Å². The molecule has 0 aliphatic carbocycles. The van der Waals surface area contributed by atoms with Crippen LogP contribution in [0.2, 0.25) is 0 Å². The fraction of sp³-hybridized carbons (Fsp3) is 0.385. The second kappa shape index (κ2) is 5.20. The molecular formula is C13H15BrN2O2. The Morgan fingerprint density at radius 3 is 2.67 bits per heavy atom. The number of hydrogen-bond acceptors (Lipinski definition) is 3. The van der Waals surface area contributed by atoms with Gasteiger partial charge in [-0.15, -0.1) is 0 Å². The monoisotopic (exact) mass is 310 g/mol. The molecule has 5 heteroatoms. The smallest absolute Gasteiger partial charge is 0.299 e. The van der Waals surface area contributed by atoms with Crippen molar-refractivity contribution in [2.45, 2.75) is 6.42 Å². The predicted molar refractivity (Wildman–Crippen MR) is 74.0 cm³/mol. The van der Waals surface area contributed by atoms with E-state index in [-0.39, 0.29) is 0 Å². The van der Waals surface area contributed by atoms with E-state index in [9.17, 15) is 9.59 Å². The molecule has 0 bridgehead atoms. The van der Waals surface area contributed by atoms with E-state index < -0.39 is 11.7 Å². The van der Waals surface area contributed by atoms with Crippen LogP contribution in [0.5, 0.6) is 0 Å². The Morgan fingerprint density at radius 2 is 2.00 bits per heavy atom. The molecule has 1 aliphatic rings. The molecule has 0 fully saturated rings. The molecule has 0 atom stereocenters. The average Bonchev–Trinajstić information content (AvgIpc) is 2.55. The molecule has 1 amide bonds. The second-order valence-corrected chi connectivity index (χ2v) is 5.43. The molecule has 1 aromatic rings. The van der Waals surface area contributed by atoms with Crippen LogP contribution in [0.1, 0.15) is 16.8 Å². The molecule has 18 heavy (non-hydrogen) atoms. The Kier molecular flexibility index (Phi) is 3.82. The van der Waals surface area contributed by atoms with Crippen LogP contribution < -0.4 is 4.90 Å². The van der Waals surface area contributed by atoms with Crippen LogP contribution in [-0.2, 0) is 4.79 Å². The van der Waals surface area contributed by atoms with E-state index >= 15 is 0 Å². The number of ketones is 1. The first-order valence-corrected chi connectivity index (χ1v) is 6.61. The number of carbonyl (C=O) groups excluding carboxylic acids is 2. The summed E-state index contributed by atoms with van der Waals surface area (Å²) in [6.07, 6.45) is 0.840. The third-order valence-electron chi connectivity index (χ3n) is 2.93. The normalized spacial score (nSPS) is 14.6. The number of benzene rings is 1. The molecule has 4 nitrogen and oxygen atoms in total. The van der Waals surface area contributed by atoms with Crippen molar-refractivity contribution in [2.24, 2.45) is 0 Å². The Labute approximate surface area is 115 Å². The number of carbonyl (C=O) groups is 2. The maximum absolute atomic E-state index is 11.9. The lowest BCUT2D eigenvalue weighted by molar-refractivity contribution is -0.114. The molecule has 0 unspecified atom stereocenters. The van der Waals surface area contributed by atoms with Crippen molar-refractivity contribution in [1.29, 1.82) is 0 Å². The van der Waals surface area contributed by atoms with Crippen LogP contribution in [0.25, 0.3) is 0 Å². The molecule has 0 radical (unpaired) electrons. The highest BCUT2D eigenvalue weighted by Crippen LogP contribution is 2.35. The largest absolute Gasteiger partial charge is 0.309 e. The summed E-state index contributed by atoms with van der Waals surface area (Å²) in [5, 5.41) is 0. The lowest BCUT2D eigenvalue weighted by Gasteiger charge is -2.18. The van der Waals surface area contributed by atoms with Gasteiger partial charge in [0.2, 0.25) is 0 Å². The zero-order valence-electron chi connectivity index (χ0n) is 10.4. The highest BCUT2D eigenvalue weighted by Gasteiger charge is 2.36. The summed E-state index contributed by atoms with van der Waals surface area (Å²) in [5.41, 5.74) is 1.21. The minimum atomic E-state index is -0.421. The summed E-state index contributed by atoms with van der Waals surface area (Å²) in [4.78, 5) is 27.4. The number of anilines is 1. The standard InChI is InChI=1S/C13H15BrN2O2/c1-15(2)7-4-8-16-11-9(12(17)13(16)18)5-3-6-10(11)14/h3,5-6H,4,7-8H2,1-2H3. The van der Waals surface area contributed by atoms with E-state index in [1.54, 1.807) is 17.0 Å². The van der Waals surface area contributed by atoms with Crippen LogP contribution in [0.15, 0.2) is 22.7 Å². The summed E-state index contributed by atoms with van der Waals surface area (Å²) in [5.74, 6) is -0.827. The van der Waals surface area contributed by atoms with Crippen molar-refractivity contribution in [3.8, 4) is 0 Å². The van der Waals surface area contributed by atoms with Gasteiger partial charge in [0.1, 0.15) is 0 Å². The van der Waals surface area contributed by atoms with Crippen molar-refractivity contribution in [3.63, 3.8) is 0 Å². The Hall–Kier alpha value is -1.20. The summed E-state index contributed by atoms with van der Waals surface area (Å²) in [6, 6.07) is 5.33. The number of Topliss-reactive ketones (excluding diaryl/α,β-unsaturated/α-hetero) is 1. The fourth-order valence-corrected chi connectivity index (χ4v) is 2.65. The molecule has 0 saturated heterocycles. The van der Waals surface area contributed by atoms with Gasteiger partial charge in [-0.2, -0.15) is 0 Å². The van der Waals surface area contributed by atoms with Gasteiger partial charge in [0.05, 0.1) is 11.3 Å². The average molecular weight is 311 g/mol. The van der Waals surface area contributed by atoms with Crippen molar-refractivity contribution in [2.75, 3.05) is 32.1 Å². The third kappa shape index (κ3) is 2.33. The maximum Gasteiger partial charge on any atom is 0.299 e. The maximum atomic E-state index is 11.9. The summed E-state index contributed by atoms with van der Waals surface area (Å²) < 4.78 is 0.795. The van der Waals surface area contributed by atoms with Gasteiger partial charge < -0.3 is 9.80 Å². The Balaban J connectivity index is 2.23. The molecule has 1 aromatic carbocycles. The van der Waals surface area contributed by atoms with Crippen molar-refractivity contribution < 1.29 is 9.59 Å². The first kappa shape index (κ1) is 13.2. The van der Waals surface area contributed by atoms with E-state index in [2.05, 4.69) is 20.8 Å². The number of para-hydroxylation sites is 1. The molecule has 96 valence electrons. The SMILES string of the molecule is CN(C)CCCN1C(=O)C(=O)c2cccc(Br)c21. The lowest BCUT2D eigenvalue weighted by atomic mass is 10.1. The third-order valence-corrected chi connectivity index (χ3v) is 3.57. The van der Waals surface area contributed by atoms with Crippen molar-refractivity contribution in [1.82, 2.24) is 4.90 Å². The van der Waals surface area contributed by atoms with E-state index in [0.717, 1.165) is 17.4 Å². The fourth-order valence-electron chi connectivity index (χ4n) is 2.07. The first-order chi connectivity index (χ1) is 8.52. The van der Waals surface area contributed by atoms with E-state index in [1.165, 1.54) is 0 Å². The van der Waals surface area contributed by atoms with Gasteiger partial charge in [-0.05, 0) is 55.1 Å². The van der Waals surface area contributed by atoms with Crippen LogP contribution in [0.4, 0.5) is 5.69 Å². The van der Waals surface area contributed by atoms with E-state index in [4.69, 9.17) is 0 Å². The number of halogens is 1. The number of rotatable bonds is 4. The predicted octanol–water partition coefficient (Wildman–Crippen LogP) is 1.93. The summed E-state index contributed by atoms with van der Waals surface area (Å²) >= 11 is 3.41. The summed E-state index contributed by atoms with van der Waals surface area (Å²) in [7, 11) is 3.97. The molecule has 1 aliphatic heterocycles. The second-order valence-electron chi connectivity index (χ2n) is 4.58. The van der Waals surface area contributed by atoms with Gasteiger partial charge >= 0.3 is 0 Å². The highest BCUT2D eigenvalue weighted by molar-refractivity contribution is 9.10. The topological polar surface area (TPSA) is 40.6 Å². The Bertz CT molecular complexity index is 500. The molecule has 0 spiro atoms. The Morgan fingerprint density at radius 1 is 1.28 bits per heavy atom. The first-order valence-electron chi connectivity index (χ1n) is 5.82. The molecule has 1 heterocycles. The molecule has 0 aromatic heterocycles. The highest BCUT2D eigenvalue weighted by atomic mass is 79.9. The van der Waals surface area contributed by atoms with Gasteiger partial charge in [0, 0.05) is 11.0 Å². The van der Waals surface area contributed by atoms with Gasteiger partial charge in [-0.3, -0.25) is 9.59 Å². The number of fused-ring (bicyclic) bond motifs is 1. The minimum Gasteiger partial charge on any atom is -0.309 e. The van der Waals surface area contributed by atoms with Crippen molar-refractivity contribution >= 4 is 33.3 Å². The van der Waals surface area contributed by atoms with Crippen LogP contribution in [-0.4, -0.2) is 43.8 Å². The molecule has 0 N–H and O–H groups in total. The van der Waals surface area contributed by atoms with E-state index in [0.29, 0.717) is 17.8 Å². The van der Waals surface area contributed by atoms with Gasteiger partial charge in [0.15, 0.2) is 0 Å². The van der Waals surface area contributed by atoms with Gasteiger partial charge in [0.25, 0.3) is 11.7 Å². The van der Waals surface area contributed by atoms with E-state index in [1.807, 2.05) is 20.2 Å². The quantitative estimate of drug-likeness (QED) is 0.798. The number of hydrogen-bond donors (Lipinski definition) is 0. The minimum absolute atomic E-state index is 0.406. The van der Waals surface area contributed by atoms with Crippen LogP contribution in [0, 0.1) is 0 Å². The summed E-state index contributed by atoms with van der Waals surface area (Å²) in [6.45, 7) is 1.45. The number of nitrogens with zero attached hydrogens (tertiary/aromatic N) is 2. The van der Waals surface area contributed by atoms with Crippen LogP contribution in [0.3, 0.4) is 0 Å².